The van der Waals surface area contributed by atoms with Crippen LogP contribution in [0, 0.1) is 10.6 Å². The maximum atomic E-state index is 13.1. The molecule has 0 amide bonds. The highest BCUT2D eigenvalue weighted by Crippen LogP contribution is 2.33. The fraction of sp³-hybridized carbons (Fsp3) is 0.167. The minimum Gasteiger partial charge on any atom is -0.337 e. The average Bonchev–Trinajstić information content (AvgIpc) is 2.83. The van der Waals surface area contributed by atoms with Crippen LogP contribution in [0.3, 0.4) is 0 Å². The fourth-order valence-corrected chi connectivity index (χ4v) is 2.43. The summed E-state index contributed by atoms with van der Waals surface area (Å²) < 4.78 is 13.6. The molecule has 17 heavy (non-hydrogen) atoms. The highest BCUT2D eigenvalue weighted by molar-refractivity contribution is 7.71. The molecule has 0 saturated carbocycles. The van der Waals surface area contributed by atoms with Crippen molar-refractivity contribution in [2.45, 2.75) is 12.3 Å². The summed E-state index contributed by atoms with van der Waals surface area (Å²) in [6.45, 7) is 0. The van der Waals surface area contributed by atoms with Crippen LogP contribution in [0.2, 0.25) is 0 Å². The van der Waals surface area contributed by atoms with Gasteiger partial charge in [-0.05, 0) is 42.4 Å². The molecule has 0 bridgehead atoms. The average molecular weight is 248 g/mol. The molecule has 1 atom stereocenters. The van der Waals surface area contributed by atoms with E-state index >= 15 is 0 Å². The van der Waals surface area contributed by atoms with Gasteiger partial charge in [-0.25, -0.2) is 4.39 Å². The van der Waals surface area contributed by atoms with Gasteiger partial charge in [-0.3, -0.25) is 4.79 Å². The third-order valence-electron chi connectivity index (χ3n) is 3.07. The number of rotatable bonds is 1. The number of aromatic amines is 2. The molecule has 3 rings (SSSR count). The summed E-state index contributed by atoms with van der Waals surface area (Å²) in [6, 6.07) is 4.29. The van der Waals surface area contributed by atoms with Crippen LogP contribution in [0.1, 0.15) is 27.5 Å². The van der Waals surface area contributed by atoms with E-state index in [1.54, 1.807) is 12.3 Å². The van der Waals surface area contributed by atoms with E-state index in [2.05, 4.69) is 9.97 Å². The van der Waals surface area contributed by atoms with E-state index < -0.39 is 0 Å². The highest BCUT2D eigenvalue weighted by atomic mass is 32.1. The molecule has 1 aliphatic carbocycles. The van der Waals surface area contributed by atoms with Crippen molar-refractivity contribution in [3.8, 4) is 0 Å². The number of H-pyrrole nitrogens is 2. The zero-order valence-electron chi connectivity index (χ0n) is 8.79. The Bertz CT molecular complexity index is 659. The van der Waals surface area contributed by atoms with Gasteiger partial charge in [0.1, 0.15) is 5.82 Å². The van der Waals surface area contributed by atoms with Gasteiger partial charge in [-0.1, -0.05) is 0 Å². The maximum absolute atomic E-state index is 13.1. The minimum absolute atomic E-state index is 0.0188. The Morgan fingerprint density at radius 1 is 1.41 bits per heavy atom. The van der Waals surface area contributed by atoms with E-state index in [1.165, 1.54) is 12.1 Å². The number of Topliss-reactive ketones (excluding diaryl/α,β-unsaturated/α-hetero) is 1. The van der Waals surface area contributed by atoms with Crippen LogP contribution in [0.15, 0.2) is 24.4 Å². The van der Waals surface area contributed by atoms with E-state index in [-0.39, 0.29) is 17.5 Å². The molecule has 1 heterocycles. The number of carbonyl (C=O) groups excluding carboxylic acids is 1. The molecular formula is C12H9FN2OS. The number of benzene rings is 1. The van der Waals surface area contributed by atoms with Crippen LogP contribution in [-0.4, -0.2) is 15.8 Å². The first-order valence-electron chi connectivity index (χ1n) is 5.25. The van der Waals surface area contributed by atoms with E-state index in [9.17, 15) is 9.18 Å². The van der Waals surface area contributed by atoms with E-state index in [0.29, 0.717) is 16.8 Å². The van der Waals surface area contributed by atoms with Crippen molar-refractivity contribution in [2.75, 3.05) is 0 Å². The number of imidazole rings is 1. The summed E-state index contributed by atoms with van der Waals surface area (Å²) in [7, 11) is 0. The normalized spacial score (nSPS) is 18.4. The molecule has 1 unspecified atom stereocenters. The third kappa shape index (κ3) is 1.63. The Morgan fingerprint density at radius 3 is 2.94 bits per heavy atom. The van der Waals surface area contributed by atoms with Crippen LogP contribution in [0.4, 0.5) is 4.39 Å². The van der Waals surface area contributed by atoms with Gasteiger partial charge in [0.05, 0.1) is 5.92 Å². The zero-order valence-corrected chi connectivity index (χ0v) is 9.60. The first-order valence-corrected chi connectivity index (χ1v) is 5.66. The van der Waals surface area contributed by atoms with Crippen LogP contribution >= 0.6 is 12.2 Å². The number of fused-ring (bicyclic) bond motifs is 1. The number of halogens is 1. The molecule has 5 heteroatoms. The van der Waals surface area contributed by atoms with Gasteiger partial charge in [-0.2, -0.15) is 0 Å². The minimum atomic E-state index is -0.306. The van der Waals surface area contributed by atoms with Crippen molar-refractivity contribution in [3.63, 3.8) is 0 Å². The summed E-state index contributed by atoms with van der Waals surface area (Å²) in [5, 5.41) is 0. The standard InChI is InChI=1S/C12H9FN2OS/c13-7-1-2-8-6(3-7)4-9(11(8)16)10-5-14-12(17)15-10/h1-3,5,9H,4H2,(H2,14,15,17). The highest BCUT2D eigenvalue weighted by Gasteiger charge is 2.32. The van der Waals surface area contributed by atoms with Gasteiger partial charge in [-0.15, -0.1) is 0 Å². The van der Waals surface area contributed by atoms with Crippen molar-refractivity contribution < 1.29 is 9.18 Å². The summed E-state index contributed by atoms with van der Waals surface area (Å²) in [6.07, 6.45) is 2.22. The van der Waals surface area contributed by atoms with Gasteiger partial charge in [0, 0.05) is 17.5 Å². The molecule has 0 fully saturated rings. The molecule has 1 aromatic heterocycles. The quantitative estimate of drug-likeness (QED) is 0.762. The summed E-state index contributed by atoms with van der Waals surface area (Å²) in [5.74, 6) is -0.566. The number of nitrogens with one attached hydrogen (secondary N) is 2. The van der Waals surface area contributed by atoms with Crippen LogP contribution in [-0.2, 0) is 6.42 Å². The molecule has 2 N–H and O–H groups in total. The lowest BCUT2D eigenvalue weighted by Crippen LogP contribution is -2.07. The molecule has 1 aliphatic rings. The van der Waals surface area contributed by atoms with Gasteiger partial charge < -0.3 is 9.97 Å². The second-order valence-electron chi connectivity index (χ2n) is 4.12. The Balaban J connectivity index is 2.04. The van der Waals surface area contributed by atoms with Crippen molar-refractivity contribution in [3.05, 3.63) is 51.8 Å². The van der Waals surface area contributed by atoms with Crippen LogP contribution in [0.25, 0.3) is 0 Å². The second-order valence-corrected chi connectivity index (χ2v) is 4.53. The fourth-order valence-electron chi connectivity index (χ4n) is 2.26. The largest absolute Gasteiger partial charge is 0.337 e. The second kappa shape index (κ2) is 3.63. The first kappa shape index (κ1) is 10.4. The smallest absolute Gasteiger partial charge is 0.174 e. The Kier molecular flexibility index (Phi) is 2.22. The number of aromatic nitrogens is 2. The third-order valence-corrected chi connectivity index (χ3v) is 3.29. The number of hydrogen-bond donors (Lipinski definition) is 2. The van der Waals surface area contributed by atoms with Crippen molar-refractivity contribution >= 4 is 18.0 Å². The Morgan fingerprint density at radius 2 is 2.24 bits per heavy atom. The van der Waals surface area contributed by atoms with E-state index in [4.69, 9.17) is 12.2 Å². The lowest BCUT2D eigenvalue weighted by atomic mass is 10.0. The molecule has 1 aromatic carbocycles. The van der Waals surface area contributed by atoms with Crippen molar-refractivity contribution in [2.24, 2.45) is 0 Å². The lowest BCUT2D eigenvalue weighted by Gasteiger charge is -2.03. The topological polar surface area (TPSA) is 48.6 Å². The molecule has 2 aromatic rings. The molecule has 3 nitrogen and oxygen atoms in total. The number of ketones is 1. The molecular weight excluding hydrogens is 239 g/mol. The summed E-state index contributed by atoms with van der Waals surface area (Å²) >= 11 is 4.93. The van der Waals surface area contributed by atoms with E-state index in [1.807, 2.05) is 0 Å². The Labute approximate surface area is 102 Å². The predicted octanol–water partition coefficient (Wildman–Crippen LogP) is 2.73. The van der Waals surface area contributed by atoms with Gasteiger partial charge in [0.25, 0.3) is 0 Å². The molecule has 0 saturated heterocycles. The van der Waals surface area contributed by atoms with Crippen molar-refractivity contribution in [1.82, 2.24) is 9.97 Å². The monoisotopic (exact) mass is 248 g/mol. The zero-order chi connectivity index (χ0) is 12.0. The molecule has 0 aliphatic heterocycles. The van der Waals surface area contributed by atoms with Crippen LogP contribution in [0.5, 0.6) is 0 Å². The van der Waals surface area contributed by atoms with Crippen LogP contribution < -0.4 is 0 Å². The van der Waals surface area contributed by atoms with E-state index in [0.717, 1.165) is 11.3 Å². The molecule has 0 radical (unpaired) electrons. The summed E-state index contributed by atoms with van der Waals surface area (Å²) in [4.78, 5) is 17.9. The van der Waals surface area contributed by atoms with Crippen molar-refractivity contribution in [1.29, 1.82) is 0 Å². The van der Waals surface area contributed by atoms with Gasteiger partial charge >= 0.3 is 0 Å². The SMILES string of the molecule is O=C1c2ccc(F)cc2CC1c1c[nH]c(=S)[nH]1. The molecule has 0 spiro atoms. The van der Waals surface area contributed by atoms with Gasteiger partial charge in [0.2, 0.25) is 0 Å². The number of carbonyl (C=O) groups is 1. The first-order chi connectivity index (χ1) is 8.15. The lowest BCUT2D eigenvalue weighted by molar-refractivity contribution is 0.0971. The Hall–Kier alpha value is -1.75. The number of hydrogen-bond acceptors (Lipinski definition) is 2. The molecule has 86 valence electrons. The maximum Gasteiger partial charge on any atom is 0.174 e. The summed E-state index contributed by atoms with van der Waals surface area (Å²) in [5.41, 5.74) is 2.13. The van der Waals surface area contributed by atoms with Gasteiger partial charge in [0.15, 0.2) is 10.6 Å². The predicted molar refractivity (Wildman–Crippen MR) is 63.2 cm³/mol.